The molecule has 2 aliphatic rings. The third kappa shape index (κ3) is 2.96. The van der Waals surface area contributed by atoms with Gasteiger partial charge in [-0.25, -0.2) is 8.42 Å². The van der Waals surface area contributed by atoms with Gasteiger partial charge in [0, 0.05) is 4.83 Å². The van der Waals surface area contributed by atoms with Crippen molar-refractivity contribution in [2.24, 2.45) is 17.8 Å². The molecule has 0 bridgehead atoms. The summed E-state index contributed by atoms with van der Waals surface area (Å²) in [4.78, 5) is 0.662. The first kappa shape index (κ1) is 11.9. The normalized spacial score (nSPS) is 41.1. The second-order valence-electron chi connectivity index (χ2n) is 5.33. The summed E-state index contributed by atoms with van der Waals surface area (Å²) >= 11 is 3.69. The van der Waals surface area contributed by atoms with Crippen LogP contribution in [0.1, 0.15) is 32.6 Å². The summed E-state index contributed by atoms with van der Waals surface area (Å²) in [7, 11) is -2.62. The third-order valence-electron chi connectivity index (χ3n) is 3.91. The number of hydrogen-bond donors (Lipinski definition) is 0. The lowest BCUT2D eigenvalue weighted by molar-refractivity contribution is 0.224. The molecule has 0 amide bonds. The molecule has 15 heavy (non-hydrogen) atoms. The van der Waals surface area contributed by atoms with Gasteiger partial charge < -0.3 is 0 Å². The predicted octanol–water partition coefficient (Wildman–Crippen LogP) is 2.62. The second-order valence-corrected chi connectivity index (χ2v) is 8.78. The molecule has 2 rings (SSSR count). The Morgan fingerprint density at radius 2 is 1.93 bits per heavy atom. The van der Waals surface area contributed by atoms with E-state index in [1.165, 1.54) is 19.3 Å². The van der Waals surface area contributed by atoms with Gasteiger partial charge in [-0.15, -0.1) is 0 Å². The van der Waals surface area contributed by atoms with Crippen molar-refractivity contribution in [3.63, 3.8) is 0 Å². The molecule has 3 unspecified atom stereocenters. The van der Waals surface area contributed by atoms with Crippen LogP contribution in [0.5, 0.6) is 0 Å². The fourth-order valence-electron chi connectivity index (χ4n) is 2.92. The number of rotatable bonds is 2. The van der Waals surface area contributed by atoms with Crippen molar-refractivity contribution < 1.29 is 8.42 Å². The van der Waals surface area contributed by atoms with Crippen molar-refractivity contribution in [3.05, 3.63) is 0 Å². The minimum absolute atomic E-state index is 0.448. The average Bonchev–Trinajstić information content (AvgIpc) is 2.08. The summed E-state index contributed by atoms with van der Waals surface area (Å²) < 4.78 is 22.2. The maximum Gasteiger partial charge on any atom is 0.150 e. The van der Waals surface area contributed by atoms with Gasteiger partial charge in [-0.3, -0.25) is 0 Å². The molecule has 88 valence electrons. The Morgan fingerprint density at radius 3 is 2.53 bits per heavy atom. The van der Waals surface area contributed by atoms with Crippen LogP contribution < -0.4 is 0 Å². The van der Waals surface area contributed by atoms with E-state index in [1.54, 1.807) is 0 Å². The second kappa shape index (κ2) is 4.36. The van der Waals surface area contributed by atoms with Crippen LogP contribution in [0.15, 0.2) is 0 Å². The lowest BCUT2D eigenvalue weighted by atomic mass is 9.76. The highest BCUT2D eigenvalue weighted by molar-refractivity contribution is 9.09. The van der Waals surface area contributed by atoms with Crippen molar-refractivity contribution >= 4 is 25.8 Å². The average molecular weight is 295 g/mol. The maximum absolute atomic E-state index is 11.1. The summed E-state index contributed by atoms with van der Waals surface area (Å²) in [6, 6.07) is 0. The van der Waals surface area contributed by atoms with Crippen molar-refractivity contribution in [2.45, 2.75) is 37.4 Å². The first-order valence-corrected chi connectivity index (χ1v) is 8.54. The Kier molecular flexibility index (Phi) is 3.46. The topological polar surface area (TPSA) is 34.1 Å². The number of hydrogen-bond acceptors (Lipinski definition) is 2. The van der Waals surface area contributed by atoms with Crippen LogP contribution in [0.3, 0.4) is 0 Å². The van der Waals surface area contributed by atoms with E-state index in [4.69, 9.17) is 0 Å². The summed E-state index contributed by atoms with van der Waals surface area (Å²) in [5.41, 5.74) is 0. The van der Waals surface area contributed by atoms with Crippen LogP contribution in [-0.2, 0) is 9.84 Å². The molecule has 1 aliphatic carbocycles. The number of alkyl halides is 1. The highest BCUT2D eigenvalue weighted by atomic mass is 79.9. The minimum Gasteiger partial charge on any atom is -0.229 e. The summed E-state index contributed by atoms with van der Waals surface area (Å²) in [6.07, 6.45) is 4.93. The Balaban J connectivity index is 1.83. The van der Waals surface area contributed by atoms with Gasteiger partial charge in [-0.05, 0) is 43.4 Å². The van der Waals surface area contributed by atoms with Crippen LogP contribution in [0.4, 0.5) is 0 Å². The molecule has 3 atom stereocenters. The van der Waals surface area contributed by atoms with Crippen molar-refractivity contribution in [1.29, 1.82) is 0 Å². The van der Waals surface area contributed by atoms with Gasteiger partial charge in [0.15, 0.2) is 9.84 Å². The maximum atomic E-state index is 11.1. The van der Waals surface area contributed by atoms with Crippen LogP contribution >= 0.6 is 15.9 Å². The van der Waals surface area contributed by atoms with E-state index in [0.717, 1.165) is 18.3 Å². The predicted molar refractivity (Wildman–Crippen MR) is 66.0 cm³/mol. The first-order chi connectivity index (χ1) is 6.96. The third-order valence-corrected chi connectivity index (χ3v) is 6.70. The molecule has 0 aromatic carbocycles. The Hall–Kier alpha value is 0.430. The van der Waals surface area contributed by atoms with Gasteiger partial charge in [-0.1, -0.05) is 22.9 Å². The van der Waals surface area contributed by atoms with Gasteiger partial charge in [-0.2, -0.15) is 0 Å². The molecule has 2 fully saturated rings. The summed E-state index contributed by atoms with van der Waals surface area (Å²) in [6.45, 7) is 2.32. The lowest BCUT2D eigenvalue weighted by Gasteiger charge is -2.36. The molecule has 1 saturated heterocycles. The molecule has 4 heteroatoms. The summed E-state index contributed by atoms with van der Waals surface area (Å²) in [5, 5.41) is 0. The number of sulfone groups is 1. The molecular weight excluding hydrogens is 276 g/mol. The largest absolute Gasteiger partial charge is 0.229 e. The monoisotopic (exact) mass is 294 g/mol. The molecule has 1 heterocycles. The van der Waals surface area contributed by atoms with E-state index in [1.807, 2.05) is 0 Å². The minimum atomic E-state index is -2.62. The molecule has 2 nitrogen and oxygen atoms in total. The molecule has 1 saturated carbocycles. The van der Waals surface area contributed by atoms with E-state index in [2.05, 4.69) is 22.9 Å². The molecule has 0 spiro atoms. The number of halogens is 1. The molecule has 0 aromatic heterocycles. The highest BCUT2D eigenvalue weighted by Gasteiger charge is 2.37. The van der Waals surface area contributed by atoms with E-state index in [9.17, 15) is 8.42 Å². The fourth-order valence-corrected chi connectivity index (χ4v) is 5.28. The first-order valence-electron chi connectivity index (χ1n) is 5.81. The van der Waals surface area contributed by atoms with Gasteiger partial charge in [0.1, 0.15) is 0 Å². The van der Waals surface area contributed by atoms with Gasteiger partial charge in [0.25, 0.3) is 0 Å². The zero-order valence-corrected chi connectivity index (χ0v) is 11.6. The molecule has 1 aliphatic heterocycles. The Bertz CT molecular complexity index is 313. The van der Waals surface area contributed by atoms with Crippen molar-refractivity contribution in [3.8, 4) is 0 Å². The van der Waals surface area contributed by atoms with Crippen LogP contribution in [0, 0.1) is 17.8 Å². The Morgan fingerprint density at radius 1 is 1.27 bits per heavy atom. The van der Waals surface area contributed by atoms with E-state index < -0.39 is 9.84 Å². The quantitative estimate of drug-likeness (QED) is 0.734. The van der Waals surface area contributed by atoms with Gasteiger partial charge >= 0.3 is 0 Å². The van der Waals surface area contributed by atoms with Crippen molar-refractivity contribution in [2.75, 3.05) is 11.5 Å². The molecule has 0 N–H and O–H groups in total. The summed E-state index contributed by atoms with van der Waals surface area (Å²) in [5.74, 6) is 2.87. The van der Waals surface area contributed by atoms with E-state index >= 15 is 0 Å². The zero-order valence-electron chi connectivity index (χ0n) is 9.15. The fraction of sp³-hybridized carbons (Fsp3) is 1.00. The zero-order chi connectivity index (χ0) is 11.1. The lowest BCUT2D eigenvalue weighted by Crippen LogP contribution is -2.39. The van der Waals surface area contributed by atoms with Crippen LogP contribution in [0.25, 0.3) is 0 Å². The van der Waals surface area contributed by atoms with Crippen LogP contribution in [-0.4, -0.2) is 24.8 Å². The highest BCUT2D eigenvalue weighted by Crippen LogP contribution is 2.39. The molecule has 0 radical (unpaired) electrons. The van der Waals surface area contributed by atoms with Gasteiger partial charge in [0.05, 0.1) is 11.5 Å². The van der Waals surface area contributed by atoms with Crippen LogP contribution in [0.2, 0.25) is 0 Å². The van der Waals surface area contributed by atoms with Crippen molar-refractivity contribution in [1.82, 2.24) is 0 Å². The molecular formula is C11H19BrO2S. The standard InChI is InChI=1S/C11H19BrO2S/c1-8-2-3-11(12)5-10(8)4-9-6-15(13,14)7-9/h8-11H,2-7H2,1H3. The van der Waals surface area contributed by atoms with Gasteiger partial charge in [0.2, 0.25) is 0 Å². The SMILES string of the molecule is CC1CCC(Br)CC1CC1CS(=O)(=O)C1. The van der Waals surface area contributed by atoms with E-state index in [-0.39, 0.29) is 0 Å². The Labute approximate surface area is 101 Å². The molecule has 0 aromatic rings. The van der Waals surface area contributed by atoms with E-state index in [0.29, 0.717) is 22.3 Å². The smallest absolute Gasteiger partial charge is 0.150 e.